The predicted octanol–water partition coefficient (Wildman–Crippen LogP) is 1.92. The number of nitriles is 1. The Hall–Kier alpha value is -1.30. The number of hydrogen-bond acceptors (Lipinski definition) is 2. The van der Waals surface area contributed by atoms with Gasteiger partial charge >= 0.3 is 0 Å². The molecule has 1 aromatic heterocycles. The molecule has 0 fully saturated rings. The zero-order valence-electron chi connectivity index (χ0n) is 7.49. The average molecular weight is 163 g/mol. The van der Waals surface area contributed by atoms with E-state index < -0.39 is 0 Å². The smallest absolute Gasteiger partial charge is 0.0793 e. The Morgan fingerprint density at radius 1 is 1.75 bits per heavy atom. The van der Waals surface area contributed by atoms with Crippen molar-refractivity contribution in [1.29, 1.82) is 5.26 Å². The van der Waals surface area contributed by atoms with Gasteiger partial charge in [0.1, 0.15) is 0 Å². The molecule has 1 rings (SSSR count). The van der Waals surface area contributed by atoms with Gasteiger partial charge in [-0.05, 0) is 19.4 Å². The molecule has 0 aliphatic heterocycles. The van der Waals surface area contributed by atoms with E-state index in [2.05, 4.69) is 25.0 Å². The van der Waals surface area contributed by atoms with Crippen molar-refractivity contribution in [1.82, 2.24) is 9.78 Å². The van der Waals surface area contributed by atoms with E-state index in [1.807, 2.05) is 16.9 Å². The summed E-state index contributed by atoms with van der Waals surface area (Å²) in [5.41, 5.74) is 0.859. The zero-order chi connectivity index (χ0) is 8.97. The monoisotopic (exact) mass is 163 g/mol. The second kappa shape index (κ2) is 3.91. The third kappa shape index (κ3) is 1.85. The first kappa shape index (κ1) is 8.79. The lowest BCUT2D eigenvalue weighted by Crippen LogP contribution is -2.04. The van der Waals surface area contributed by atoms with Crippen molar-refractivity contribution in [3.63, 3.8) is 0 Å². The van der Waals surface area contributed by atoms with Gasteiger partial charge in [0.25, 0.3) is 0 Å². The molecule has 0 saturated heterocycles. The first-order valence-corrected chi connectivity index (χ1v) is 4.19. The fourth-order valence-electron chi connectivity index (χ4n) is 0.985. The molecule has 0 saturated carbocycles. The van der Waals surface area contributed by atoms with Gasteiger partial charge in [-0.2, -0.15) is 10.4 Å². The number of nitrogens with zero attached hydrogens (tertiary/aromatic N) is 3. The van der Waals surface area contributed by atoms with Gasteiger partial charge in [-0.25, -0.2) is 0 Å². The molecule has 0 N–H and O–H groups in total. The van der Waals surface area contributed by atoms with Crippen LogP contribution in [0.3, 0.4) is 0 Å². The molecular formula is C9H13N3. The van der Waals surface area contributed by atoms with Crippen molar-refractivity contribution in [2.24, 2.45) is 0 Å². The van der Waals surface area contributed by atoms with Crippen molar-refractivity contribution in [3.8, 4) is 6.07 Å². The van der Waals surface area contributed by atoms with E-state index in [1.54, 1.807) is 0 Å². The molecule has 0 bridgehead atoms. The van der Waals surface area contributed by atoms with E-state index >= 15 is 0 Å². The normalized spacial score (nSPS) is 12.4. The van der Waals surface area contributed by atoms with Crippen LogP contribution in [0.4, 0.5) is 0 Å². The molecule has 1 atom stereocenters. The highest BCUT2D eigenvalue weighted by Crippen LogP contribution is 2.08. The van der Waals surface area contributed by atoms with Gasteiger partial charge in [-0.3, -0.25) is 4.68 Å². The summed E-state index contributed by atoms with van der Waals surface area (Å²) in [4.78, 5) is 0. The van der Waals surface area contributed by atoms with Crippen molar-refractivity contribution in [2.45, 2.75) is 32.7 Å². The Balaban J connectivity index is 2.71. The van der Waals surface area contributed by atoms with Crippen molar-refractivity contribution in [3.05, 3.63) is 18.0 Å². The number of hydrogen-bond donors (Lipinski definition) is 0. The fraction of sp³-hybridized carbons (Fsp3) is 0.556. The zero-order valence-corrected chi connectivity index (χ0v) is 7.49. The summed E-state index contributed by atoms with van der Waals surface area (Å²) in [6.45, 7) is 4.24. The Morgan fingerprint density at radius 3 is 3.08 bits per heavy atom. The van der Waals surface area contributed by atoms with E-state index in [0.29, 0.717) is 12.5 Å². The van der Waals surface area contributed by atoms with Crippen LogP contribution in [-0.2, 0) is 6.42 Å². The van der Waals surface area contributed by atoms with Crippen LogP contribution in [0.5, 0.6) is 0 Å². The lowest BCUT2D eigenvalue weighted by atomic mass is 10.3. The second-order valence-corrected chi connectivity index (χ2v) is 2.88. The van der Waals surface area contributed by atoms with Gasteiger partial charge in [0.15, 0.2) is 0 Å². The summed E-state index contributed by atoms with van der Waals surface area (Å²) in [5, 5.41) is 12.7. The highest BCUT2D eigenvalue weighted by atomic mass is 15.3. The Labute approximate surface area is 72.6 Å². The average Bonchev–Trinajstić information content (AvgIpc) is 2.52. The summed E-state index contributed by atoms with van der Waals surface area (Å²) in [7, 11) is 0. The maximum atomic E-state index is 8.43. The largest absolute Gasteiger partial charge is 0.270 e. The van der Waals surface area contributed by atoms with Crippen LogP contribution in [0.15, 0.2) is 12.3 Å². The molecular weight excluding hydrogens is 150 g/mol. The summed E-state index contributed by atoms with van der Waals surface area (Å²) >= 11 is 0. The predicted molar refractivity (Wildman–Crippen MR) is 46.5 cm³/mol. The van der Waals surface area contributed by atoms with Crippen LogP contribution in [0.25, 0.3) is 0 Å². The van der Waals surface area contributed by atoms with Gasteiger partial charge in [0.2, 0.25) is 0 Å². The van der Waals surface area contributed by atoms with E-state index in [1.165, 1.54) is 0 Å². The molecule has 0 aliphatic carbocycles. The summed E-state index contributed by atoms with van der Waals surface area (Å²) < 4.78 is 1.91. The van der Waals surface area contributed by atoms with Gasteiger partial charge < -0.3 is 0 Å². The minimum Gasteiger partial charge on any atom is -0.270 e. The molecule has 0 amide bonds. The summed E-state index contributed by atoms with van der Waals surface area (Å²) in [6.07, 6.45) is 3.40. The van der Waals surface area contributed by atoms with E-state index in [9.17, 15) is 0 Å². The standard InChI is InChI=1S/C9H13N3/c1-3-8(2)12-7-5-9(11-12)4-6-10/h5,7-8H,3-4H2,1-2H3. The van der Waals surface area contributed by atoms with Gasteiger partial charge in [0, 0.05) is 12.2 Å². The molecule has 64 valence electrons. The second-order valence-electron chi connectivity index (χ2n) is 2.88. The molecule has 0 aromatic carbocycles. The Bertz CT molecular complexity index is 282. The van der Waals surface area contributed by atoms with Crippen molar-refractivity contribution in [2.75, 3.05) is 0 Å². The summed E-state index contributed by atoms with van der Waals surface area (Å²) in [6, 6.07) is 4.40. The molecule has 1 aromatic rings. The maximum absolute atomic E-state index is 8.43. The molecule has 3 nitrogen and oxygen atoms in total. The molecule has 3 heteroatoms. The highest BCUT2D eigenvalue weighted by Gasteiger charge is 2.03. The molecule has 0 radical (unpaired) electrons. The third-order valence-electron chi connectivity index (χ3n) is 1.97. The Kier molecular flexibility index (Phi) is 2.87. The van der Waals surface area contributed by atoms with Gasteiger partial charge in [0.05, 0.1) is 18.2 Å². The topological polar surface area (TPSA) is 41.6 Å². The maximum Gasteiger partial charge on any atom is 0.0793 e. The van der Waals surface area contributed by atoms with Crippen molar-refractivity contribution >= 4 is 0 Å². The van der Waals surface area contributed by atoms with Crippen LogP contribution in [0, 0.1) is 11.3 Å². The van der Waals surface area contributed by atoms with Gasteiger partial charge in [-0.1, -0.05) is 6.92 Å². The first-order chi connectivity index (χ1) is 5.77. The van der Waals surface area contributed by atoms with E-state index in [-0.39, 0.29) is 0 Å². The quantitative estimate of drug-likeness (QED) is 0.683. The fourth-order valence-corrected chi connectivity index (χ4v) is 0.985. The third-order valence-corrected chi connectivity index (χ3v) is 1.97. The lowest BCUT2D eigenvalue weighted by Gasteiger charge is -2.07. The van der Waals surface area contributed by atoms with Crippen LogP contribution >= 0.6 is 0 Å². The Morgan fingerprint density at radius 2 is 2.50 bits per heavy atom. The SMILES string of the molecule is CCC(C)n1ccc(CC#N)n1. The lowest BCUT2D eigenvalue weighted by molar-refractivity contribution is 0.475. The minimum absolute atomic E-state index is 0.406. The van der Waals surface area contributed by atoms with Crippen molar-refractivity contribution < 1.29 is 0 Å². The van der Waals surface area contributed by atoms with Crippen LogP contribution in [-0.4, -0.2) is 9.78 Å². The van der Waals surface area contributed by atoms with E-state index in [4.69, 9.17) is 5.26 Å². The number of aromatic nitrogens is 2. The molecule has 0 aliphatic rings. The summed E-state index contributed by atoms with van der Waals surface area (Å²) in [5.74, 6) is 0. The minimum atomic E-state index is 0.406. The van der Waals surface area contributed by atoms with Crippen LogP contribution in [0.1, 0.15) is 32.0 Å². The van der Waals surface area contributed by atoms with E-state index in [0.717, 1.165) is 12.1 Å². The number of rotatable bonds is 3. The van der Waals surface area contributed by atoms with Crippen LogP contribution < -0.4 is 0 Å². The molecule has 12 heavy (non-hydrogen) atoms. The molecule has 1 unspecified atom stereocenters. The molecule has 1 heterocycles. The molecule has 0 spiro atoms. The highest BCUT2D eigenvalue weighted by molar-refractivity contribution is 5.05. The van der Waals surface area contributed by atoms with Crippen LogP contribution in [0.2, 0.25) is 0 Å². The first-order valence-electron chi connectivity index (χ1n) is 4.19. The van der Waals surface area contributed by atoms with Gasteiger partial charge in [-0.15, -0.1) is 0 Å².